The van der Waals surface area contributed by atoms with Crippen LogP contribution in [0.1, 0.15) is 35.2 Å². The lowest BCUT2D eigenvalue weighted by atomic mass is 9.87. The van der Waals surface area contributed by atoms with Crippen molar-refractivity contribution in [3.8, 4) is 0 Å². The summed E-state index contributed by atoms with van der Waals surface area (Å²) in [5, 5.41) is 0. The minimum Gasteiger partial charge on any atom is -0.332 e. The van der Waals surface area contributed by atoms with Crippen molar-refractivity contribution in [3.63, 3.8) is 0 Å². The van der Waals surface area contributed by atoms with Gasteiger partial charge in [0.25, 0.3) is 0 Å². The first-order valence-corrected chi connectivity index (χ1v) is 7.60. The van der Waals surface area contributed by atoms with Gasteiger partial charge in [0, 0.05) is 24.9 Å². The molecule has 0 radical (unpaired) electrons. The van der Waals surface area contributed by atoms with Crippen LogP contribution in [0.2, 0.25) is 0 Å². The molecule has 2 atom stereocenters. The second-order valence-corrected chi connectivity index (χ2v) is 5.69. The van der Waals surface area contributed by atoms with Crippen LogP contribution in [0.5, 0.6) is 0 Å². The van der Waals surface area contributed by atoms with Crippen LogP contribution in [0.4, 0.5) is 0 Å². The molecule has 2 aromatic carbocycles. The highest BCUT2D eigenvalue weighted by Crippen LogP contribution is 2.35. The van der Waals surface area contributed by atoms with E-state index in [1.54, 1.807) is 11.8 Å². The summed E-state index contributed by atoms with van der Waals surface area (Å²) in [4.78, 5) is 26.6. The van der Waals surface area contributed by atoms with E-state index >= 15 is 0 Å². The molecule has 0 N–H and O–H groups in total. The van der Waals surface area contributed by atoms with E-state index in [4.69, 9.17) is 0 Å². The molecule has 0 aromatic heterocycles. The van der Waals surface area contributed by atoms with E-state index in [1.807, 2.05) is 60.7 Å². The van der Waals surface area contributed by atoms with Crippen molar-refractivity contribution in [2.45, 2.75) is 25.3 Å². The lowest BCUT2D eigenvalue weighted by Gasteiger charge is -2.26. The fourth-order valence-corrected chi connectivity index (χ4v) is 3.29. The third kappa shape index (κ3) is 2.67. The minimum atomic E-state index is -0.401. The molecule has 0 aliphatic carbocycles. The molecule has 2 aromatic rings. The lowest BCUT2D eigenvalue weighted by molar-refractivity contribution is -0.129. The summed E-state index contributed by atoms with van der Waals surface area (Å²) in [6.07, 6.45) is 0.826. The van der Waals surface area contributed by atoms with Crippen LogP contribution in [-0.4, -0.2) is 29.2 Å². The molecule has 1 fully saturated rings. The summed E-state index contributed by atoms with van der Waals surface area (Å²) < 4.78 is 0. The minimum absolute atomic E-state index is 0.0298. The van der Waals surface area contributed by atoms with E-state index in [0.717, 1.165) is 12.0 Å². The maximum absolute atomic E-state index is 13.0. The van der Waals surface area contributed by atoms with Crippen LogP contribution < -0.4 is 0 Å². The van der Waals surface area contributed by atoms with Crippen LogP contribution in [-0.2, 0) is 4.79 Å². The lowest BCUT2D eigenvalue weighted by Crippen LogP contribution is -2.41. The molecule has 1 saturated heterocycles. The molecule has 3 heteroatoms. The number of hydrogen-bond donors (Lipinski definition) is 0. The summed E-state index contributed by atoms with van der Waals surface area (Å²) in [6, 6.07) is 18.9. The number of carbonyl (C=O) groups is 2. The largest absolute Gasteiger partial charge is 0.332 e. The Morgan fingerprint density at radius 1 is 0.955 bits per heavy atom. The van der Waals surface area contributed by atoms with E-state index in [-0.39, 0.29) is 17.6 Å². The average molecular weight is 293 g/mol. The molecule has 1 aliphatic heterocycles. The van der Waals surface area contributed by atoms with E-state index in [2.05, 4.69) is 0 Å². The van der Waals surface area contributed by atoms with Gasteiger partial charge in [0.05, 0.1) is 0 Å². The van der Waals surface area contributed by atoms with Gasteiger partial charge in [-0.3, -0.25) is 9.59 Å². The molecule has 0 saturated carbocycles. The number of amides is 1. The fourth-order valence-electron chi connectivity index (χ4n) is 3.29. The molecule has 1 heterocycles. The van der Waals surface area contributed by atoms with Crippen LogP contribution in [0.3, 0.4) is 0 Å². The Balaban J connectivity index is 1.98. The molecule has 0 unspecified atom stereocenters. The molecule has 1 amide bonds. The Kier molecular flexibility index (Phi) is 4.05. The first-order valence-electron chi connectivity index (χ1n) is 7.60. The number of rotatable bonds is 3. The smallest absolute Gasteiger partial charge is 0.220 e. The number of Topliss-reactive ketones (excluding diaryl/α,β-unsaturated/α-hetero) is 1. The molecule has 0 bridgehead atoms. The number of hydrogen-bond acceptors (Lipinski definition) is 2. The van der Waals surface area contributed by atoms with Crippen molar-refractivity contribution in [2.75, 3.05) is 6.54 Å². The first-order chi connectivity index (χ1) is 10.7. The zero-order valence-corrected chi connectivity index (χ0v) is 12.6. The second kappa shape index (κ2) is 6.14. The van der Waals surface area contributed by atoms with Gasteiger partial charge in [0.1, 0.15) is 6.04 Å². The van der Waals surface area contributed by atoms with Crippen molar-refractivity contribution in [1.29, 1.82) is 0 Å². The Morgan fingerprint density at radius 2 is 1.55 bits per heavy atom. The van der Waals surface area contributed by atoms with Crippen LogP contribution in [0.15, 0.2) is 60.7 Å². The number of ketones is 1. The summed E-state index contributed by atoms with van der Waals surface area (Å²) in [5.41, 5.74) is 1.79. The monoisotopic (exact) mass is 293 g/mol. The number of nitrogens with zero attached hydrogens (tertiary/aromatic N) is 1. The highest BCUT2D eigenvalue weighted by molar-refractivity contribution is 6.02. The molecule has 0 spiro atoms. The van der Waals surface area contributed by atoms with E-state index in [9.17, 15) is 9.59 Å². The highest BCUT2D eigenvalue weighted by atomic mass is 16.2. The standard InChI is InChI=1S/C19H19NO2/c1-14(21)20-13-12-17(15-8-4-2-5-9-15)18(20)19(22)16-10-6-3-7-11-16/h2-11,17-18H,12-13H2,1H3/t17-,18+/m1/s1. The van der Waals surface area contributed by atoms with E-state index in [0.29, 0.717) is 12.1 Å². The zero-order chi connectivity index (χ0) is 15.5. The topological polar surface area (TPSA) is 37.4 Å². The summed E-state index contributed by atoms with van der Waals surface area (Å²) in [5.74, 6) is 0.0627. The van der Waals surface area contributed by atoms with Gasteiger partial charge in [-0.25, -0.2) is 0 Å². The van der Waals surface area contributed by atoms with Crippen molar-refractivity contribution in [3.05, 3.63) is 71.8 Å². The van der Waals surface area contributed by atoms with E-state index < -0.39 is 6.04 Å². The van der Waals surface area contributed by atoms with Crippen molar-refractivity contribution < 1.29 is 9.59 Å². The van der Waals surface area contributed by atoms with Crippen molar-refractivity contribution >= 4 is 11.7 Å². The number of benzene rings is 2. The van der Waals surface area contributed by atoms with Crippen LogP contribution >= 0.6 is 0 Å². The summed E-state index contributed by atoms with van der Waals surface area (Å²) in [7, 11) is 0. The molecular formula is C19H19NO2. The van der Waals surface area contributed by atoms with Crippen LogP contribution in [0.25, 0.3) is 0 Å². The van der Waals surface area contributed by atoms with E-state index in [1.165, 1.54) is 0 Å². The Hall–Kier alpha value is -2.42. The maximum Gasteiger partial charge on any atom is 0.220 e. The third-order valence-electron chi connectivity index (χ3n) is 4.36. The van der Waals surface area contributed by atoms with Gasteiger partial charge in [-0.1, -0.05) is 60.7 Å². The highest BCUT2D eigenvalue weighted by Gasteiger charge is 2.41. The molecule has 3 rings (SSSR count). The van der Waals surface area contributed by atoms with Gasteiger partial charge in [0.2, 0.25) is 5.91 Å². The second-order valence-electron chi connectivity index (χ2n) is 5.69. The van der Waals surface area contributed by atoms with Gasteiger partial charge in [-0.2, -0.15) is 0 Å². The van der Waals surface area contributed by atoms with Gasteiger partial charge in [-0.15, -0.1) is 0 Å². The SMILES string of the molecule is CC(=O)N1CC[C@H](c2ccccc2)[C@H]1C(=O)c1ccccc1. The van der Waals surface area contributed by atoms with Crippen molar-refractivity contribution in [2.24, 2.45) is 0 Å². The summed E-state index contributed by atoms with van der Waals surface area (Å²) in [6.45, 7) is 2.18. The first kappa shape index (κ1) is 14.5. The van der Waals surface area contributed by atoms with Gasteiger partial charge < -0.3 is 4.90 Å². The number of carbonyl (C=O) groups excluding carboxylic acids is 2. The molecular weight excluding hydrogens is 274 g/mol. The number of likely N-dealkylation sites (tertiary alicyclic amines) is 1. The summed E-state index contributed by atoms with van der Waals surface area (Å²) >= 11 is 0. The van der Waals surface area contributed by atoms with Crippen LogP contribution in [0, 0.1) is 0 Å². The van der Waals surface area contributed by atoms with Gasteiger partial charge in [-0.05, 0) is 12.0 Å². The van der Waals surface area contributed by atoms with Gasteiger partial charge in [0.15, 0.2) is 5.78 Å². The fraction of sp³-hybridized carbons (Fsp3) is 0.263. The molecule has 3 nitrogen and oxygen atoms in total. The quantitative estimate of drug-likeness (QED) is 0.814. The zero-order valence-electron chi connectivity index (χ0n) is 12.6. The van der Waals surface area contributed by atoms with Crippen molar-refractivity contribution in [1.82, 2.24) is 4.90 Å². The Bertz CT molecular complexity index is 666. The normalized spacial score (nSPS) is 20.9. The molecule has 112 valence electrons. The predicted molar refractivity (Wildman–Crippen MR) is 85.7 cm³/mol. The third-order valence-corrected chi connectivity index (χ3v) is 4.36. The Morgan fingerprint density at radius 3 is 2.14 bits per heavy atom. The average Bonchev–Trinajstić information content (AvgIpc) is 3.01. The molecule has 1 aliphatic rings. The Labute approximate surface area is 130 Å². The maximum atomic E-state index is 13.0. The predicted octanol–water partition coefficient (Wildman–Crippen LogP) is 3.27. The van der Waals surface area contributed by atoms with Gasteiger partial charge >= 0.3 is 0 Å². The molecule has 22 heavy (non-hydrogen) atoms.